The van der Waals surface area contributed by atoms with Crippen molar-refractivity contribution < 1.29 is 14.3 Å². The molecule has 2 aliphatic heterocycles. The fourth-order valence-electron chi connectivity index (χ4n) is 3.28. The summed E-state index contributed by atoms with van der Waals surface area (Å²) in [5.74, 6) is 0.120. The van der Waals surface area contributed by atoms with Crippen LogP contribution < -0.4 is 0 Å². The van der Waals surface area contributed by atoms with Crippen molar-refractivity contribution in [2.45, 2.75) is 25.0 Å². The molecule has 0 aromatic carbocycles. The normalized spacial score (nSPS) is 25.0. The van der Waals surface area contributed by atoms with Gasteiger partial charge in [0, 0.05) is 37.9 Å². The first-order valence-corrected chi connectivity index (χ1v) is 8.56. The van der Waals surface area contributed by atoms with Gasteiger partial charge in [0.15, 0.2) is 4.96 Å². The van der Waals surface area contributed by atoms with Crippen LogP contribution in [0.15, 0.2) is 17.8 Å². The van der Waals surface area contributed by atoms with Crippen LogP contribution in [0.3, 0.4) is 0 Å². The highest BCUT2D eigenvalue weighted by molar-refractivity contribution is 7.15. The van der Waals surface area contributed by atoms with Gasteiger partial charge < -0.3 is 14.5 Å². The topological polar surface area (TPSA) is 67.2 Å². The molecule has 0 radical (unpaired) electrons. The molecule has 2 saturated heterocycles. The van der Waals surface area contributed by atoms with Crippen LogP contribution in [0.1, 0.15) is 12.1 Å². The van der Waals surface area contributed by atoms with Crippen LogP contribution in [-0.4, -0.2) is 69.9 Å². The summed E-state index contributed by atoms with van der Waals surface area (Å²) in [6.07, 6.45) is 4.45. The van der Waals surface area contributed by atoms with E-state index in [0.29, 0.717) is 26.1 Å². The number of hydrogen-bond donors (Lipinski definition) is 0. The maximum absolute atomic E-state index is 12.6. The number of ether oxygens (including phenoxy) is 1. The lowest BCUT2D eigenvalue weighted by Crippen LogP contribution is -2.43. The molecule has 4 rings (SSSR count). The summed E-state index contributed by atoms with van der Waals surface area (Å²) in [6, 6.07) is -0.0422. The molecular formula is C15H18N4O3S. The lowest BCUT2D eigenvalue weighted by atomic mass is 10.2. The van der Waals surface area contributed by atoms with Crippen molar-refractivity contribution in [2.24, 2.45) is 0 Å². The van der Waals surface area contributed by atoms with E-state index < -0.39 is 0 Å². The molecule has 2 aliphatic rings. The molecule has 2 aromatic heterocycles. The number of likely N-dealkylation sites (N-methyl/N-ethyl adjacent to an activating group) is 1. The molecule has 2 aromatic rings. The Hall–Kier alpha value is -1.93. The van der Waals surface area contributed by atoms with Crippen LogP contribution in [0.4, 0.5) is 0 Å². The van der Waals surface area contributed by atoms with Crippen molar-refractivity contribution in [3.05, 3.63) is 23.5 Å². The number of carbonyl (C=O) groups excluding carboxylic acids is 2. The number of thiazole rings is 1. The van der Waals surface area contributed by atoms with Crippen LogP contribution in [0, 0.1) is 0 Å². The van der Waals surface area contributed by atoms with Crippen molar-refractivity contribution in [3.8, 4) is 0 Å². The predicted octanol–water partition coefficient (Wildman–Crippen LogP) is 0.396. The van der Waals surface area contributed by atoms with Crippen molar-refractivity contribution >= 4 is 28.1 Å². The Bertz CT molecular complexity index is 726. The van der Waals surface area contributed by atoms with E-state index in [1.807, 2.05) is 22.2 Å². The molecule has 4 heterocycles. The van der Waals surface area contributed by atoms with Gasteiger partial charge in [0.1, 0.15) is 0 Å². The zero-order valence-corrected chi connectivity index (χ0v) is 13.7. The minimum Gasteiger partial charge on any atom is -0.374 e. The molecule has 8 heteroatoms. The van der Waals surface area contributed by atoms with E-state index in [-0.39, 0.29) is 30.4 Å². The summed E-state index contributed by atoms with van der Waals surface area (Å²) in [5.41, 5.74) is 0.777. The third-order valence-corrected chi connectivity index (χ3v) is 5.37. The average molecular weight is 334 g/mol. The Morgan fingerprint density at radius 3 is 3.17 bits per heavy atom. The van der Waals surface area contributed by atoms with Gasteiger partial charge in [-0.3, -0.25) is 14.0 Å². The SMILES string of the molecule is CN1C(=O)CCO[C@H]2CN(C(=O)Cc3cn4ccsc4n3)C[C@@H]21. The van der Waals surface area contributed by atoms with Gasteiger partial charge in [-0.05, 0) is 0 Å². The largest absolute Gasteiger partial charge is 0.374 e. The number of rotatable bonds is 2. The van der Waals surface area contributed by atoms with E-state index in [0.717, 1.165) is 10.7 Å². The van der Waals surface area contributed by atoms with Crippen LogP contribution in [0.5, 0.6) is 0 Å². The van der Waals surface area contributed by atoms with Gasteiger partial charge in [0.2, 0.25) is 11.8 Å². The molecule has 2 atom stereocenters. The van der Waals surface area contributed by atoms with Gasteiger partial charge in [-0.25, -0.2) is 4.98 Å². The number of fused-ring (bicyclic) bond motifs is 2. The number of nitrogens with zero attached hydrogens (tertiary/aromatic N) is 4. The van der Waals surface area contributed by atoms with Gasteiger partial charge in [-0.2, -0.15) is 0 Å². The van der Waals surface area contributed by atoms with Gasteiger partial charge in [0.25, 0.3) is 0 Å². The zero-order chi connectivity index (χ0) is 16.0. The zero-order valence-electron chi connectivity index (χ0n) is 12.8. The Morgan fingerprint density at radius 2 is 2.35 bits per heavy atom. The summed E-state index contributed by atoms with van der Waals surface area (Å²) in [4.78, 5) is 33.4. The fourth-order valence-corrected chi connectivity index (χ4v) is 4.00. The second-order valence-electron chi connectivity index (χ2n) is 6.03. The molecule has 0 saturated carbocycles. The molecule has 2 fully saturated rings. The molecule has 7 nitrogen and oxygen atoms in total. The van der Waals surface area contributed by atoms with Gasteiger partial charge in [0.05, 0.1) is 37.3 Å². The molecule has 0 unspecified atom stereocenters. The van der Waals surface area contributed by atoms with Gasteiger partial charge in [-0.15, -0.1) is 11.3 Å². The Balaban J connectivity index is 1.45. The third kappa shape index (κ3) is 2.61. The van der Waals surface area contributed by atoms with Crippen molar-refractivity contribution in [2.75, 3.05) is 26.7 Å². The number of carbonyl (C=O) groups is 2. The van der Waals surface area contributed by atoms with Crippen LogP contribution in [-0.2, 0) is 20.7 Å². The molecule has 0 aliphatic carbocycles. The van der Waals surface area contributed by atoms with Crippen LogP contribution in [0.25, 0.3) is 4.96 Å². The highest BCUT2D eigenvalue weighted by Crippen LogP contribution is 2.23. The summed E-state index contributed by atoms with van der Waals surface area (Å²) in [6.45, 7) is 1.51. The minimum absolute atomic E-state index is 0.0354. The highest BCUT2D eigenvalue weighted by Gasteiger charge is 2.41. The molecule has 0 bridgehead atoms. The van der Waals surface area contributed by atoms with E-state index in [1.54, 1.807) is 28.2 Å². The molecule has 122 valence electrons. The third-order valence-electron chi connectivity index (χ3n) is 4.60. The lowest BCUT2D eigenvalue weighted by molar-refractivity contribution is -0.133. The Morgan fingerprint density at radius 1 is 1.48 bits per heavy atom. The van der Waals surface area contributed by atoms with E-state index in [2.05, 4.69) is 4.98 Å². The monoisotopic (exact) mass is 334 g/mol. The molecule has 0 N–H and O–H groups in total. The average Bonchev–Trinajstić information content (AvgIpc) is 3.18. The maximum atomic E-state index is 12.6. The van der Waals surface area contributed by atoms with Crippen molar-refractivity contribution in [3.63, 3.8) is 0 Å². The Kier molecular flexibility index (Phi) is 3.57. The molecule has 0 spiro atoms. The number of amides is 2. The first-order chi connectivity index (χ1) is 11.1. The van der Waals surface area contributed by atoms with Gasteiger partial charge in [-0.1, -0.05) is 0 Å². The summed E-state index contributed by atoms with van der Waals surface area (Å²) in [7, 11) is 1.80. The molecular weight excluding hydrogens is 316 g/mol. The first-order valence-electron chi connectivity index (χ1n) is 7.68. The predicted molar refractivity (Wildman–Crippen MR) is 84.3 cm³/mol. The number of hydrogen-bond acceptors (Lipinski definition) is 5. The van der Waals surface area contributed by atoms with Crippen molar-refractivity contribution in [1.82, 2.24) is 19.2 Å². The van der Waals surface area contributed by atoms with Crippen LogP contribution >= 0.6 is 11.3 Å². The number of likely N-dealkylation sites (tertiary alicyclic amines) is 1. The quantitative estimate of drug-likeness (QED) is 0.797. The number of imidazole rings is 1. The van der Waals surface area contributed by atoms with E-state index in [9.17, 15) is 9.59 Å². The number of aromatic nitrogens is 2. The smallest absolute Gasteiger partial charge is 0.228 e. The minimum atomic E-state index is -0.0825. The standard InChI is InChI=1S/C15H18N4O3S/c1-17-11-8-19(9-12(11)22-4-2-13(17)20)14(21)6-10-7-18-3-5-23-15(18)16-10/h3,5,7,11-12H,2,4,6,8-9H2,1H3/t11-,12-/m0/s1. The molecule has 23 heavy (non-hydrogen) atoms. The van der Waals surface area contributed by atoms with Crippen LogP contribution in [0.2, 0.25) is 0 Å². The summed E-state index contributed by atoms with van der Waals surface area (Å²) < 4.78 is 7.69. The summed E-state index contributed by atoms with van der Waals surface area (Å²) in [5, 5.41) is 1.96. The lowest BCUT2D eigenvalue weighted by Gasteiger charge is -2.25. The summed E-state index contributed by atoms with van der Waals surface area (Å²) >= 11 is 1.55. The van der Waals surface area contributed by atoms with E-state index in [1.165, 1.54) is 0 Å². The highest BCUT2D eigenvalue weighted by atomic mass is 32.1. The second kappa shape index (κ2) is 5.61. The van der Waals surface area contributed by atoms with E-state index in [4.69, 9.17) is 4.74 Å². The maximum Gasteiger partial charge on any atom is 0.228 e. The first kappa shape index (κ1) is 14.6. The van der Waals surface area contributed by atoms with E-state index >= 15 is 0 Å². The Labute approximate surface area is 137 Å². The fraction of sp³-hybridized carbons (Fsp3) is 0.533. The molecule has 2 amide bonds. The van der Waals surface area contributed by atoms with Crippen molar-refractivity contribution in [1.29, 1.82) is 0 Å². The van der Waals surface area contributed by atoms with Gasteiger partial charge >= 0.3 is 0 Å². The second-order valence-corrected chi connectivity index (χ2v) is 6.90.